The number of nitrogens with zero attached hydrogens (tertiary/aromatic N) is 4. The van der Waals surface area contributed by atoms with Gasteiger partial charge in [0.25, 0.3) is 0 Å². The van der Waals surface area contributed by atoms with Gasteiger partial charge in [-0.1, -0.05) is 0 Å². The zero-order valence-electron chi connectivity index (χ0n) is 16.8. The third-order valence-corrected chi connectivity index (χ3v) is 6.37. The fraction of sp³-hybridized carbons (Fsp3) is 0.250. The van der Waals surface area contributed by atoms with E-state index in [9.17, 15) is 13.2 Å². The standard InChI is InChI=1S/C20H21N5O5S/c1-24(31(27,28)15-6-7-17-18(13-15)30-12-4-11-29-17)14-19(26)23-16-5-2-8-21-20(16)25-10-3-9-22-25/h2-3,5-10,13H,4,11-12,14H2,1H3,(H,23,26). The van der Waals surface area contributed by atoms with Crippen molar-refractivity contribution in [3.8, 4) is 17.3 Å². The summed E-state index contributed by atoms with van der Waals surface area (Å²) < 4.78 is 39.5. The average molecular weight is 443 g/mol. The number of sulfonamides is 1. The van der Waals surface area contributed by atoms with E-state index in [0.717, 1.165) is 4.31 Å². The Kier molecular flexibility index (Phi) is 5.87. The lowest BCUT2D eigenvalue weighted by molar-refractivity contribution is -0.116. The van der Waals surface area contributed by atoms with Crippen molar-refractivity contribution in [3.63, 3.8) is 0 Å². The maximum absolute atomic E-state index is 13.0. The molecule has 162 valence electrons. The van der Waals surface area contributed by atoms with Crippen molar-refractivity contribution in [2.24, 2.45) is 0 Å². The van der Waals surface area contributed by atoms with Gasteiger partial charge in [-0.2, -0.15) is 9.40 Å². The Balaban J connectivity index is 1.49. The van der Waals surface area contributed by atoms with Crippen molar-refractivity contribution >= 4 is 21.6 Å². The van der Waals surface area contributed by atoms with Gasteiger partial charge in [-0.15, -0.1) is 0 Å². The molecule has 0 unspecified atom stereocenters. The van der Waals surface area contributed by atoms with Gasteiger partial charge in [0.2, 0.25) is 15.9 Å². The molecular formula is C20H21N5O5S. The molecule has 1 aliphatic heterocycles. The SMILES string of the molecule is CN(CC(=O)Nc1cccnc1-n1cccn1)S(=O)(=O)c1ccc2c(c1)OCCCO2. The first kappa shape index (κ1) is 20.8. The second kappa shape index (κ2) is 8.74. The van der Waals surface area contributed by atoms with Gasteiger partial charge < -0.3 is 14.8 Å². The van der Waals surface area contributed by atoms with Crippen LogP contribution < -0.4 is 14.8 Å². The number of nitrogens with one attached hydrogen (secondary N) is 1. The highest BCUT2D eigenvalue weighted by Gasteiger charge is 2.25. The molecule has 4 rings (SSSR count). The number of aromatic nitrogens is 3. The van der Waals surface area contributed by atoms with Crippen LogP contribution in [0.5, 0.6) is 11.5 Å². The molecule has 3 aromatic rings. The minimum Gasteiger partial charge on any atom is -0.490 e. The molecule has 0 aliphatic carbocycles. The highest BCUT2D eigenvalue weighted by molar-refractivity contribution is 7.89. The smallest absolute Gasteiger partial charge is 0.243 e. The lowest BCUT2D eigenvalue weighted by Crippen LogP contribution is -2.35. The molecule has 0 saturated carbocycles. The molecule has 1 aliphatic rings. The maximum Gasteiger partial charge on any atom is 0.243 e. The normalized spacial score (nSPS) is 13.6. The monoisotopic (exact) mass is 443 g/mol. The summed E-state index contributed by atoms with van der Waals surface area (Å²) >= 11 is 0. The van der Waals surface area contributed by atoms with Gasteiger partial charge in [-0.05, 0) is 30.3 Å². The summed E-state index contributed by atoms with van der Waals surface area (Å²) in [6.45, 7) is 0.566. The second-order valence-electron chi connectivity index (χ2n) is 6.79. The molecule has 10 nitrogen and oxygen atoms in total. The van der Waals surface area contributed by atoms with Gasteiger partial charge in [0, 0.05) is 38.1 Å². The van der Waals surface area contributed by atoms with Crippen LogP contribution in [0, 0.1) is 0 Å². The Morgan fingerprint density at radius 3 is 2.74 bits per heavy atom. The van der Waals surface area contributed by atoms with Crippen LogP contribution in [0.4, 0.5) is 5.69 Å². The Morgan fingerprint density at radius 2 is 1.97 bits per heavy atom. The van der Waals surface area contributed by atoms with E-state index in [1.54, 1.807) is 42.9 Å². The fourth-order valence-electron chi connectivity index (χ4n) is 3.03. The average Bonchev–Trinajstić information content (AvgIpc) is 3.18. The zero-order chi connectivity index (χ0) is 21.8. The van der Waals surface area contributed by atoms with Crippen LogP contribution in [0.2, 0.25) is 0 Å². The number of rotatable bonds is 6. The Bertz CT molecular complexity index is 1180. The van der Waals surface area contributed by atoms with Crippen LogP contribution in [0.1, 0.15) is 6.42 Å². The first-order chi connectivity index (χ1) is 14.9. The van der Waals surface area contributed by atoms with Crippen molar-refractivity contribution < 1.29 is 22.7 Å². The first-order valence-electron chi connectivity index (χ1n) is 9.56. The molecular weight excluding hydrogens is 422 g/mol. The maximum atomic E-state index is 13.0. The summed E-state index contributed by atoms with van der Waals surface area (Å²) in [5, 5.41) is 6.81. The number of carbonyl (C=O) groups excluding carboxylic acids is 1. The van der Waals surface area contributed by atoms with Crippen molar-refractivity contribution in [2.45, 2.75) is 11.3 Å². The predicted octanol–water partition coefficient (Wildman–Crippen LogP) is 1.69. The molecule has 3 heterocycles. The highest BCUT2D eigenvalue weighted by Crippen LogP contribution is 2.32. The summed E-state index contributed by atoms with van der Waals surface area (Å²) in [5.74, 6) is 0.784. The van der Waals surface area contributed by atoms with E-state index in [-0.39, 0.29) is 11.4 Å². The fourth-order valence-corrected chi connectivity index (χ4v) is 4.18. The molecule has 0 atom stereocenters. The van der Waals surface area contributed by atoms with E-state index in [0.29, 0.717) is 42.6 Å². The molecule has 0 saturated heterocycles. The Labute approximate surface area is 179 Å². The van der Waals surface area contributed by atoms with Crippen LogP contribution in [0.3, 0.4) is 0 Å². The van der Waals surface area contributed by atoms with Gasteiger partial charge in [0.05, 0.1) is 30.3 Å². The minimum atomic E-state index is -3.92. The molecule has 1 amide bonds. The number of pyridine rings is 1. The lowest BCUT2D eigenvalue weighted by Gasteiger charge is -2.18. The van der Waals surface area contributed by atoms with Crippen molar-refractivity contribution in [3.05, 3.63) is 55.0 Å². The number of carbonyl (C=O) groups is 1. The topological polar surface area (TPSA) is 116 Å². The van der Waals surface area contributed by atoms with Gasteiger partial charge >= 0.3 is 0 Å². The van der Waals surface area contributed by atoms with E-state index in [2.05, 4.69) is 15.4 Å². The number of anilines is 1. The first-order valence-corrected chi connectivity index (χ1v) is 11.0. The second-order valence-corrected chi connectivity index (χ2v) is 8.84. The summed E-state index contributed by atoms with van der Waals surface area (Å²) in [6, 6.07) is 9.49. The molecule has 0 spiro atoms. The third kappa shape index (κ3) is 4.52. The number of amides is 1. The third-order valence-electron chi connectivity index (χ3n) is 4.58. The quantitative estimate of drug-likeness (QED) is 0.616. The van der Waals surface area contributed by atoms with Crippen molar-refractivity contribution in [2.75, 3.05) is 32.1 Å². The molecule has 2 aromatic heterocycles. The van der Waals surface area contributed by atoms with Crippen molar-refractivity contribution in [1.29, 1.82) is 0 Å². The largest absolute Gasteiger partial charge is 0.490 e. The summed E-state index contributed by atoms with van der Waals surface area (Å²) in [5.41, 5.74) is 0.414. The Morgan fingerprint density at radius 1 is 1.16 bits per heavy atom. The van der Waals surface area contributed by atoms with Gasteiger partial charge in [0.15, 0.2) is 17.3 Å². The van der Waals surface area contributed by atoms with Gasteiger partial charge in [0.1, 0.15) is 0 Å². The molecule has 0 fully saturated rings. The molecule has 11 heteroatoms. The minimum absolute atomic E-state index is 0.0191. The summed E-state index contributed by atoms with van der Waals surface area (Å²) in [6.07, 6.45) is 5.58. The van der Waals surface area contributed by atoms with E-state index < -0.39 is 15.9 Å². The zero-order valence-corrected chi connectivity index (χ0v) is 17.6. The number of benzene rings is 1. The summed E-state index contributed by atoms with van der Waals surface area (Å²) in [7, 11) is -2.58. The van der Waals surface area contributed by atoms with Crippen LogP contribution in [-0.4, -0.2) is 60.2 Å². The molecule has 0 radical (unpaired) electrons. The van der Waals surface area contributed by atoms with Crippen LogP contribution >= 0.6 is 0 Å². The van der Waals surface area contributed by atoms with Gasteiger partial charge in [-0.25, -0.2) is 18.1 Å². The molecule has 1 aromatic carbocycles. The number of hydrogen-bond acceptors (Lipinski definition) is 7. The van der Waals surface area contributed by atoms with Crippen LogP contribution in [-0.2, 0) is 14.8 Å². The lowest BCUT2D eigenvalue weighted by atomic mass is 10.3. The van der Waals surface area contributed by atoms with Crippen LogP contribution in [0.25, 0.3) is 5.82 Å². The molecule has 31 heavy (non-hydrogen) atoms. The van der Waals surface area contributed by atoms with Crippen LogP contribution in [0.15, 0.2) is 59.9 Å². The number of likely N-dealkylation sites (N-methyl/N-ethyl adjacent to an activating group) is 1. The molecule has 0 bridgehead atoms. The summed E-state index contributed by atoms with van der Waals surface area (Å²) in [4.78, 5) is 16.8. The van der Waals surface area contributed by atoms with Crippen molar-refractivity contribution in [1.82, 2.24) is 19.1 Å². The van der Waals surface area contributed by atoms with E-state index in [1.165, 1.54) is 23.9 Å². The number of hydrogen-bond donors (Lipinski definition) is 1. The van der Waals surface area contributed by atoms with E-state index in [1.807, 2.05) is 0 Å². The number of fused-ring (bicyclic) bond motifs is 1. The van der Waals surface area contributed by atoms with Gasteiger partial charge in [-0.3, -0.25) is 4.79 Å². The van der Waals surface area contributed by atoms with E-state index >= 15 is 0 Å². The van der Waals surface area contributed by atoms with E-state index in [4.69, 9.17) is 9.47 Å². The number of ether oxygens (including phenoxy) is 2. The predicted molar refractivity (Wildman–Crippen MR) is 112 cm³/mol. The highest BCUT2D eigenvalue weighted by atomic mass is 32.2. The Hall–Kier alpha value is -3.44. The molecule has 1 N–H and O–H groups in total.